The SMILES string of the molecule is [CH2]c1c(OCc2ccccc2)nc(C)c2ncsc12. The third-order valence-corrected chi connectivity index (χ3v) is 3.82. The Morgan fingerprint density at radius 1 is 1.26 bits per heavy atom. The van der Waals surface area contributed by atoms with Crippen LogP contribution in [0.3, 0.4) is 0 Å². The van der Waals surface area contributed by atoms with Crippen LogP contribution in [0.4, 0.5) is 0 Å². The summed E-state index contributed by atoms with van der Waals surface area (Å²) in [6.45, 7) is 6.50. The molecule has 0 spiro atoms. The van der Waals surface area contributed by atoms with E-state index in [0.29, 0.717) is 12.5 Å². The molecule has 3 aromatic rings. The van der Waals surface area contributed by atoms with Crippen molar-refractivity contribution in [2.75, 3.05) is 0 Å². The number of hydrogen-bond acceptors (Lipinski definition) is 4. The molecule has 0 N–H and O–H groups in total. The first kappa shape index (κ1) is 12.1. The standard InChI is InChI=1S/C15H13N2OS/c1-10-14-13(16-9-19-14)11(2)17-15(10)18-8-12-6-4-3-5-7-12/h3-7,9H,1,8H2,2H3. The van der Waals surface area contributed by atoms with Gasteiger partial charge in [0.15, 0.2) is 0 Å². The van der Waals surface area contributed by atoms with Gasteiger partial charge in [-0.15, -0.1) is 11.3 Å². The number of ether oxygens (including phenoxy) is 1. The zero-order valence-electron chi connectivity index (χ0n) is 10.6. The van der Waals surface area contributed by atoms with Crippen LogP contribution in [-0.4, -0.2) is 9.97 Å². The highest BCUT2D eigenvalue weighted by Crippen LogP contribution is 2.30. The Labute approximate surface area is 115 Å². The number of rotatable bonds is 3. The molecule has 0 unspecified atom stereocenters. The molecule has 0 aliphatic carbocycles. The van der Waals surface area contributed by atoms with Gasteiger partial charge in [-0.05, 0) is 19.4 Å². The second-order valence-corrected chi connectivity index (χ2v) is 5.14. The molecule has 1 radical (unpaired) electrons. The summed E-state index contributed by atoms with van der Waals surface area (Å²) in [4.78, 5) is 8.75. The van der Waals surface area contributed by atoms with Crippen molar-refractivity contribution in [1.82, 2.24) is 9.97 Å². The number of thiazole rings is 1. The van der Waals surface area contributed by atoms with Crippen molar-refractivity contribution in [3.8, 4) is 5.88 Å². The van der Waals surface area contributed by atoms with E-state index in [1.165, 1.54) is 0 Å². The minimum absolute atomic E-state index is 0.500. The molecular weight excluding hydrogens is 256 g/mol. The maximum Gasteiger partial charge on any atom is 0.218 e. The van der Waals surface area contributed by atoms with Gasteiger partial charge in [0, 0.05) is 5.56 Å². The molecule has 2 aromatic heterocycles. The fraction of sp³-hybridized carbons (Fsp3) is 0.133. The highest BCUT2D eigenvalue weighted by molar-refractivity contribution is 7.17. The van der Waals surface area contributed by atoms with Gasteiger partial charge >= 0.3 is 0 Å². The van der Waals surface area contributed by atoms with Gasteiger partial charge in [0.1, 0.15) is 12.1 Å². The maximum atomic E-state index is 5.79. The first-order valence-corrected chi connectivity index (χ1v) is 6.86. The van der Waals surface area contributed by atoms with E-state index in [1.54, 1.807) is 11.3 Å². The van der Waals surface area contributed by atoms with Crippen LogP contribution in [0.5, 0.6) is 5.88 Å². The lowest BCUT2D eigenvalue weighted by Crippen LogP contribution is -2.00. The Hall–Kier alpha value is -1.94. The largest absolute Gasteiger partial charge is 0.473 e. The van der Waals surface area contributed by atoms with Gasteiger partial charge in [-0.3, -0.25) is 0 Å². The molecule has 3 nitrogen and oxygen atoms in total. The second-order valence-electron chi connectivity index (χ2n) is 4.29. The Morgan fingerprint density at radius 3 is 2.84 bits per heavy atom. The lowest BCUT2D eigenvalue weighted by Gasteiger charge is -2.09. The summed E-state index contributed by atoms with van der Waals surface area (Å²) >= 11 is 1.57. The number of aromatic nitrogens is 2. The molecule has 0 atom stereocenters. The fourth-order valence-electron chi connectivity index (χ4n) is 1.93. The Morgan fingerprint density at radius 2 is 2.05 bits per heavy atom. The molecule has 0 saturated carbocycles. The number of aryl methyl sites for hydroxylation is 1. The first-order valence-electron chi connectivity index (χ1n) is 5.98. The number of fused-ring (bicyclic) bond motifs is 1. The molecular formula is C15H13N2OS. The summed E-state index contributed by atoms with van der Waals surface area (Å²) in [5, 5.41) is 0. The summed E-state index contributed by atoms with van der Waals surface area (Å²) in [5.41, 5.74) is 5.55. The maximum absolute atomic E-state index is 5.79. The fourth-order valence-corrected chi connectivity index (χ4v) is 2.74. The molecule has 3 rings (SSSR count). The number of hydrogen-bond donors (Lipinski definition) is 0. The molecule has 0 saturated heterocycles. The zero-order chi connectivity index (χ0) is 13.2. The zero-order valence-corrected chi connectivity index (χ0v) is 11.4. The van der Waals surface area contributed by atoms with Crippen LogP contribution in [-0.2, 0) is 6.61 Å². The topological polar surface area (TPSA) is 35.0 Å². The quantitative estimate of drug-likeness (QED) is 0.726. The van der Waals surface area contributed by atoms with Crippen molar-refractivity contribution in [2.24, 2.45) is 0 Å². The smallest absolute Gasteiger partial charge is 0.218 e. The minimum atomic E-state index is 0.500. The average molecular weight is 269 g/mol. The number of pyridine rings is 1. The molecule has 1 aromatic carbocycles. The minimum Gasteiger partial charge on any atom is -0.473 e. The van der Waals surface area contributed by atoms with Gasteiger partial charge in [-0.1, -0.05) is 30.3 Å². The van der Waals surface area contributed by atoms with E-state index in [4.69, 9.17) is 4.74 Å². The van der Waals surface area contributed by atoms with Crippen molar-refractivity contribution in [1.29, 1.82) is 0 Å². The van der Waals surface area contributed by atoms with Crippen LogP contribution in [0.2, 0.25) is 0 Å². The van der Waals surface area contributed by atoms with E-state index in [2.05, 4.69) is 16.9 Å². The monoisotopic (exact) mass is 269 g/mol. The van der Waals surface area contributed by atoms with Crippen LogP contribution < -0.4 is 4.74 Å². The lowest BCUT2D eigenvalue weighted by molar-refractivity contribution is 0.293. The molecule has 0 bridgehead atoms. The lowest BCUT2D eigenvalue weighted by atomic mass is 10.2. The third-order valence-electron chi connectivity index (χ3n) is 2.93. The summed E-state index contributed by atoms with van der Waals surface area (Å²) in [7, 11) is 0. The van der Waals surface area contributed by atoms with E-state index >= 15 is 0 Å². The molecule has 19 heavy (non-hydrogen) atoms. The molecule has 95 valence electrons. The number of nitrogens with zero attached hydrogens (tertiary/aromatic N) is 2. The molecule has 0 aliphatic rings. The molecule has 4 heteroatoms. The van der Waals surface area contributed by atoms with E-state index in [9.17, 15) is 0 Å². The third kappa shape index (κ3) is 2.31. The Balaban J connectivity index is 1.91. The van der Waals surface area contributed by atoms with E-state index in [-0.39, 0.29) is 0 Å². The van der Waals surface area contributed by atoms with Gasteiger partial charge < -0.3 is 4.74 Å². The first-order chi connectivity index (χ1) is 9.25. The van der Waals surface area contributed by atoms with Crippen LogP contribution in [0.25, 0.3) is 10.2 Å². The average Bonchev–Trinajstić information content (AvgIpc) is 2.92. The van der Waals surface area contributed by atoms with Gasteiger partial charge in [-0.2, -0.15) is 0 Å². The molecule has 0 amide bonds. The van der Waals surface area contributed by atoms with Crippen LogP contribution in [0.15, 0.2) is 35.8 Å². The van der Waals surface area contributed by atoms with Crippen molar-refractivity contribution in [3.63, 3.8) is 0 Å². The second kappa shape index (κ2) is 4.97. The van der Waals surface area contributed by atoms with Crippen molar-refractivity contribution >= 4 is 21.6 Å². The van der Waals surface area contributed by atoms with Crippen LogP contribution >= 0.6 is 11.3 Å². The predicted molar refractivity (Wildman–Crippen MR) is 77.4 cm³/mol. The van der Waals surface area contributed by atoms with E-state index < -0.39 is 0 Å². The Bertz CT molecular complexity index is 707. The summed E-state index contributed by atoms with van der Waals surface area (Å²) in [5.74, 6) is 0.595. The Kier molecular flexibility index (Phi) is 3.17. The molecule has 0 aliphatic heterocycles. The van der Waals surface area contributed by atoms with E-state index in [1.807, 2.05) is 42.8 Å². The predicted octanol–water partition coefficient (Wildman–Crippen LogP) is 3.76. The van der Waals surface area contributed by atoms with Crippen LogP contribution in [0, 0.1) is 13.8 Å². The van der Waals surface area contributed by atoms with Crippen molar-refractivity contribution in [3.05, 3.63) is 59.6 Å². The summed E-state index contributed by atoms with van der Waals surface area (Å²) < 4.78 is 6.84. The van der Waals surface area contributed by atoms with Gasteiger partial charge in [-0.25, -0.2) is 9.97 Å². The highest BCUT2D eigenvalue weighted by atomic mass is 32.1. The molecule has 0 fully saturated rings. The van der Waals surface area contributed by atoms with Crippen molar-refractivity contribution < 1.29 is 4.74 Å². The summed E-state index contributed by atoms with van der Waals surface area (Å²) in [6, 6.07) is 10.0. The van der Waals surface area contributed by atoms with Gasteiger partial charge in [0.2, 0.25) is 5.88 Å². The summed E-state index contributed by atoms with van der Waals surface area (Å²) in [6.07, 6.45) is 0. The highest BCUT2D eigenvalue weighted by Gasteiger charge is 2.12. The molecule has 2 heterocycles. The number of benzene rings is 1. The van der Waals surface area contributed by atoms with Crippen molar-refractivity contribution in [2.45, 2.75) is 13.5 Å². The van der Waals surface area contributed by atoms with E-state index in [0.717, 1.165) is 27.0 Å². The van der Waals surface area contributed by atoms with Crippen LogP contribution in [0.1, 0.15) is 16.8 Å². The van der Waals surface area contributed by atoms with Gasteiger partial charge in [0.05, 0.1) is 15.9 Å². The van der Waals surface area contributed by atoms with Gasteiger partial charge in [0.25, 0.3) is 0 Å². The normalized spacial score (nSPS) is 10.8.